The summed E-state index contributed by atoms with van der Waals surface area (Å²) in [6, 6.07) is 0. The lowest BCUT2D eigenvalue weighted by Gasteiger charge is -2.11. The second-order valence-electron chi connectivity index (χ2n) is 5.15. The van der Waals surface area contributed by atoms with Crippen molar-refractivity contribution in [3.05, 3.63) is 12.0 Å². The van der Waals surface area contributed by atoms with Crippen LogP contribution < -0.4 is 11.5 Å². The van der Waals surface area contributed by atoms with Gasteiger partial charge >= 0.3 is 0 Å². The van der Waals surface area contributed by atoms with Crippen molar-refractivity contribution in [1.29, 1.82) is 0 Å². The average molecular weight is 289 g/mol. The molecule has 2 rings (SSSR count). The van der Waals surface area contributed by atoms with Crippen molar-refractivity contribution in [2.75, 3.05) is 11.5 Å². The molecule has 21 heavy (non-hydrogen) atoms. The fraction of sp³-hybridized carbons (Fsp3) is 0.571. The van der Waals surface area contributed by atoms with Gasteiger partial charge in [-0.2, -0.15) is 15.0 Å². The molecule has 7 heteroatoms. The smallest absolute Gasteiger partial charge is 0.225 e. The van der Waals surface area contributed by atoms with Crippen molar-refractivity contribution in [3.63, 3.8) is 0 Å². The lowest BCUT2D eigenvalue weighted by molar-refractivity contribution is 0.534. The fourth-order valence-corrected chi connectivity index (χ4v) is 2.36. The van der Waals surface area contributed by atoms with Crippen LogP contribution in [0, 0.1) is 0 Å². The first-order valence-corrected chi connectivity index (χ1v) is 7.46. The van der Waals surface area contributed by atoms with Crippen LogP contribution in [0.25, 0.3) is 11.5 Å². The first kappa shape index (κ1) is 15.2. The topological polar surface area (TPSA) is 119 Å². The number of rotatable bonds is 7. The maximum absolute atomic E-state index is 5.59. The summed E-state index contributed by atoms with van der Waals surface area (Å²) in [5, 5.41) is 0. The molecule has 0 bridgehead atoms. The largest absolute Gasteiger partial charge is 0.368 e. The molecule has 0 aliphatic heterocycles. The number of nitrogens with zero attached hydrogens (tertiary/aromatic N) is 4. The molecule has 7 nitrogen and oxygen atoms in total. The van der Waals surface area contributed by atoms with Gasteiger partial charge in [-0.1, -0.05) is 33.1 Å². The molecular formula is C14H23N7. The van der Waals surface area contributed by atoms with Crippen LogP contribution in [-0.4, -0.2) is 24.9 Å². The highest BCUT2D eigenvalue weighted by molar-refractivity contribution is 5.51. The lowest BCUT2D eigenvalue weighted by atomic mass is 9.98. The molecule has 114 valence electrons. The number of hydrogen-bond donors (Lipinski definition) is 3. The second kappa shape index (κ2) is 7.01. The van der Waals surface area contributed by atoms with E-state index in [1.54, 1.807) is 6.20 Å². The highest BCUT2D eigenvalue weighted by Crippen LogP contribution is 2.25. The van der Waals surface area contributed by atoms with Gasteiger partial charge in [0.2, 0.25) is 11.9 Å². The Labute approximate surface area is 124 Å². The zero-order chi connectivity index (χ0) is 15.2. The summed E-state index contributed by atoms with van der Waals surface area (Å²) < 4.78 is 0. The molecule has 2 aromatic rings. The zero-order valence-electron chi connectivity index (χ0n) is 12.6. The molecule has 0 saturated carbocycles. The number of unbranched alkanes of at least 4 members (excludes halogenated alkanes) is 2. The van der Waals surface area contributed by atoms with Crippen LogP contribution in [0.2, 0.25) is 0 Å². The maximum atomic E-state index is 5.59. The minimum absolute atomic E-state index is 0.108. The Kier molecular flexibility index (Phi) is 5.08. The first-order chi connectivity index (χ1) is 10.1. The van der Waals surface area contributed by atoms with Crippen molar-refractivity contribution in [2.24, 2.45) is 0 Å². The Morgan fingerprint density at radius 1 is 1.05 bits per heavy atom. The summed E-state index contributed by atoms with van der Waals surface area (Å²) in [7, 11) is 0. The van der Waals surface area contributed by atoms with E-state index < -0.39 is 0 Å². The zero-order valence-corrected chi connectivity index (χ0v) is 12.6. The van der Waals surface area contributed by atoms with Gasteiger partial charge in [-0.15, -0.1) is 0 Å². The standard InChI is InChI=1S/C14H23N7/c1-3-5-6-7-9(4-2)11-17-8-10(18-11)12-19-13(15)21-14(16)20-12/h8-9H,3-7H2,1-2H3,(H,17,18)(H4,15,16,19,20,21). The van der Waals surface area contributed by atoms with Gasteiger partial charge in [-0.25, -0.2) is 4.98 Å². The van der Waals surface area contributed by atoms with E-state index in [0.717, 1.165) is 18.7 Å². The van der Waals surface area contributed by atoms with E-state index in [-0.39, 0.29) is 11.9 Å². The van der Waals surface area contributed by atoms with Crippen LogP contribution >= 0.6 is 0 Å². The summed E-state index contributed by atoms with van der Waals surface area (Å²) in [4.78, 5) is 19.7. The molecule has 2 aromatic heterocycles. The van der Waals surface area contributed by atoms with Crippen LogP contribution in [0.5, 0.6) is 0 Å². The number of nitrogens with one attached hydrogen (secondary N) is 1. The number of nitrogens with two attached hydrogens (primary N) is 2. The summed E-state index contributed by atoms with van der Waals surface area (Å²) >= 11 is 0. The molecule has 0 aromatic carbocycles. The first-order valence-electron chi connectivity index (χ1n) is 7.46. The van der Waals surface area contributed by atoms with Gasteiger partial charge in [0.25, 0.3) is 0 Å². The Morgan fingerprint density at radius 2 is 1.76 bits per heavy atom. The van der Waals surface area contributed by atoms with Gasteiger partial charge in [-0.05, 0) is 12.8 Å². The average Bonchev–Trinajstić information content (AvgIpc) is 2.92. The van der Waals surface area contributed by atoms with E-state index in [0.29, 0.717) is 17.4 Å². The molecule has 0 aliphatic rings. The van der Waals surface area contributed by atoms with Crippen LogP contribution in [0.3, 0.4) is 0 Å². The molecule has 0 aliphatic carbocycles. The summed E-state index contributed by atoms with van der Waals surface area (Å²) in [6.07, 6.45) is 7.69. The minimum atomic E-state index is 0.108. The molecular weight excluding hydrogens is 266 g/mol. The molecule has 1 unspecified atom stereocenters. The van der Waals surface area contributed by atoms with Crippen molar-refractivity contribution in [1.82, 2.24) is 24.9 Å². The van der Waals surface area contributed by atoms with Crippen molar-refractivity contribution >= 4 is 11.9 Å². The molecule has 2 heterocycles. The van der Waals surface area contributed by atoms with Crippen LogP contribution in [0.1, 0.15) is 57.7 Å². The Morgan fingerprint density at radius 3 is 2.38 bits per heavy atom. The Balaban J connectivity index is 2.15. The number of H-pyrrole nitrogens is 1. The van der Waals surface area contributed by atoms with E-state index in [4.69, 9.17) is 11.5 Å². The predicted molar refractivity (Wildman–Crippen MR) is 83.4 cm³/mol. The van der Waals surface area contributed by atoms with Gasteiger partial charge in [0.1, 0.15) is 11.5 Å². The Bertz CT molecular complexity index is 558. The monoisotopic (exact) mass is 289 g/mol. The molecule has 1 atom stereocenters. The van der Waals surface area contributed by atoms with E-state index in [9.17, 15) is 0 Å². The molecule has 5 N–H and O–H groups in total. The van der Waals surface area contributed by atoms with E-state index in [2.05, 4.69) is 38.8 Å². The van der Waals surface area contributed by atoms with Crippen molar-refractivity contribution in [2.45, 2.75) is 51.9 Å². The maximum Gasteiger partial charge on any atom is 0.225 e. The number of hydrogen-bond acceptors (Lipinski definition) is 6. The van der Waals surface area contributed by atoms with Gasteiger partial charge in [0.05, 0.1) is 0 Å². The van der Waals surface area contributed by atoms with Crippen LogP contribution in [0.15, 0.2) is 6.20 Å². The van der Waals surface area contributed by atoms with Gasteiger partial charge < -0.3 is 16.5 Å². The van der Waals surface area contributed by atoms with Crippen molar-refractivity contribution in [3.8, 4) is 11.5 Å². The Hall–Kier alpha value is -2.18. The number of aromatic amines is 1. The highest BCUT2D eigenvalue weighted by Gasteiger charge is 2.15. The van der Waals surface area contributed by atoms with E-state index in [1.165, 1.54) is 19.3 Å². The normalized spacial score (nSPS) is 12.5. The summed E-state index contributed by atoms with van der Waals surface area (Å²) in [5.74, 6) is 2.03. The fourth-order valence-electron chi connectivity index (χ4n) is 2.36. The molecule has 0 amide bonds. The molecule has 0 radical (unpaired) electrons. The van der Waals surface area contributed by atoms with Crippen LogP contribution in [-0.2, 0) is 0 Å². The number of anilines is 2. The van der Waals surface area contributed by atoms with Gasteiger partial charge in [0, 0.05) is 12.1 Å². The van der Waals surface area contributed by atoms with E-state index in [1.807, 2.05) is 0 Å². The molecule has 0 spiro atoms. The third-order valence-corrected chi connectivity index (χ3v) is 3.53. The predicted octanol–water partition coefficient (Wildman–Crippen LogP) is 2.50. The summed E-state index contributed by atoms with van der Waals surface area (Å²) in [6.45, 7) is 4.39. The number of imidazole rings is 1. The number of aromatic nitrogens is 5. The minimum Gasteiger partial charge on any atom is -0.368 e. The number of nitrogen functional groups attached to an aromatic ring is 2. The third kappa shape index (κ3) is 3.90. The SMILES string of the molecule is CCCCCC(CC)c1nc(-c2nc(N)nc(N)n2)c[nH]1. The van der Waals surface area contributed by atoms with E-state index >= 15 is 0 Å². The summed E-state index contributed by atoms with van der Waals surface area (Å²) in [5.41, 5.74) is 11.8. The molecule has 0 saturated heterocycles. The molecule has 0 fully saturated rings. The third-order valence-electron chi connectivity index (χ3n) is 3.53. The van der Waals surface area contributed by atoms with Gasteiger partial charge in [-0.3, -0.25) is 0 Å². The van der Waals surface area contributed by atoms with Gasteiger partial charge in [0.15, 0.2) is 5.82 Å². The quantitative estimate of drug-likeness (QED) is 0.674. The lowest BCUT2D eigenvalue weighted by Crippen LogP contribution is -2.04. The highest BCUT2D eigenvalue weighted by atomic mass is 15.1. The van der Waals surface area contributed by atoms with Crippen LogP contribution in [0.4, 0.5) is 11.9 Å². The second-order valence-corrected chi connectivity index (χ2v) is 5.15. The van der Waals surface area contributed by atoms with Crippen molar-refractivity contribution < 1.29 is 0 Å².